The molecule has 0 aliphatic rings. The number of aryl methyl sites for hydroxylation is 1. The molecule has 0 fully saturated rings. The zero-order valence-electron chi connectivity index (χ0n) is 13.0. The minimum atomic E-state index is -0.00242. The Morgan fingerprint density at radius 1 is 1.35 bits per heavy atom. The van der Waals surface area contributed by atoms with Gasteiger partial charge in [-0.1, -0.05) is 20.8 Å². The van der Waals surface area contributed by atoms with Crippen molar-refractivity contribution >= 4 is 0 Å². The van der Waals surface area contributed by atoms with Gasteiger partial charge in [0.15, 0.2) is 0 Å². The first-order chi connectivity index (χ1) is 9.36. The van der Waals surface area contributed by atoms with Crippen LogP contribution in [0.25, 0.3) is 0 Å². The molecular weight excluding hydrogens is 252 g/mol. The third kappa shape index (κ3) is 3.70. The van der Waals surface area contributed by atoms with Gasteiger partial charge in [0.05, 0.1) is 25.0 Å². The van der Waals surface area contributed by atoms with Gasteiger partial charge in [0.2, 0.25) is 5.89 Å². The smallest absolute Gasteiger partial charge is 0.211 e. The summed E-state index contributed by atoms with van der Waals surface area (Å²) in [5.41, 5.74) is 1.18. The molecule has 0 saturated heterocycles. The van der Waals surface area contributed by atoms with E-state index in [9.17, 15) is 0 Å². The highest BCUT2D eigenvalue weighted by Gasteiger charge is 2.21. The molecule has 20 heavy (non-hydrogen) atoms. The van der Waals surface area contributed by atoms with Gasteiger partial charge < -0.3 is 9.73 Å². The summed E-state index contributed by atoms with van der Waals surface area (Å²) in [6.07, 6.45) is 5.73. The third-order valence-corrected chi connectivity index (χ3v) is 3.19. The number of oxazole rings is 1. The SMILES string of the molecule is Cc1cnn(CCNC(C)c2ncc(C(C)(C)C)o2)c1. The van der Waals surface area contributed by atoms with E-state index in [2.05, 4.69) is 43.1 Å². The molecule has 1 N–H and O–H groups in total. The molecule has 0 amide bonds. The quantitative estimate of drug-likeness (QED) is 0.912. The molecule has 2 heterocycles. The van der Waals surface area contributed by atoms with Gasteiger partial charge in [0.25, 0.3) is 0 Å². The Labute approximate surface area is 120 Å². The standard InChI is InChI=1S/C15H24N4O/c1-11-8-18-19(10-11)7-6-16-12(2)14-17-9-13(20-14)15(3,4)5/h8-10,12,16H,6-7H2,1-5H3. The van der Waals surface area contributed by atoms with E-state index in [4.69, 9.17) is 4.42 Å². The number of nitrogens with one attached hydrogen (secondary N) is 1. The Balaban J connectivity index is 1.85. The maximum atomic E-state index is 5.82. The van der Waals surface area contributed by atoms with Crippen molar-refractivity contribution in [2.75, 3.05) is 6.54 Å². The minimum absolute atomic E-state index is 0.00242. The monoisotopic (exact) mass is 276 g/mol. The normalized spacial score (nSPS) is 13.7. The largest absolute Gasteiger partial charge is 0.443 e. The van der Waals surface area contributed by atoms with Crippen LogP contribution in [0.4, 0.5) is 0 Å². The highest BCUT2D eigenvalue weighted by Crippen LogP contribution is 2.24. The Kier molecular flexibility index (Phi) is 4.28. The van der Waals surface area contributed by atoms with Gasteiger partial charge in [-0.3, -0.25) is 4.68 Å². The summed E-state index contributed by atoms with van der Waals surface area (Å²) in [6, 6.07) is 0.0998. The molecule has 0 saturated carbocycles. The number of rotatable bonds is 5. The van der Waals surface area contributed by atoms with E-state index in [0.29, 0.717) is 0 Å². The Hall–Kier alpha value is -1.62. The highest BCUT2D eigenvalue weighted by atomic mass is 16.4. The van der Waals surface area contributed by atoms with Gasteiger partial charge in [-0.2, -0.15) is 5.10 Å². The molecule has 2 aromatic heterocycles. The fourth-order valence-corrected chi connectivity index (χ4v) is 1.91. The van der Waals surface area contributed by atoms with Crippen LogP contribution >= 0.6 is 0 Å². The molecule has 2 rings (SSSR count). The van der Waals surface area contributed by atoms with E-state index in [0.717, 1.165) is 24.7 Å². The number of hydrogen-bond acceptors (Lipinski definition) is 4. The van der Waals surface area contributed by atoms with Gasteiger partial charge in [-0.15, -0.1) is 0 Å². The number of hydrogen-bond donors (Lipinski definition) is 1. The first kappa shape index (κ1) is 14.8. The molecule has 0 aliphatic heterocycles. The van der Waals surface area contributed by atoms with Crippen LogP contribution in [-0.2, 0) is 12.0 Å². The van der Waals surface area contributed by atoms with E-state index in [1.807, 2.05) is 30.2 Å². The molecule has 0 aromatic carbocycles. The van der Waals surface area contributed by atoms with Crippen molar-refractivity contribution < 1.29 is 4.42 Å². The van der Waals surface area contributed by atoms with Crippen LogP contribution in [0.5, 0.6) is 0 Å². The second-order valence-electron chi connectivity index (χ2n) is 6.27. The zero-order valence-corrected chi connectivity index (χ0v) is 13.0. The second kappa shape index (κ2) is 5.79. The molecule has 1 unspecified atom stereocenters. The van der Waals surface area contributed by atoms with Gasteiger partial charge in [-0.25, -0.2) is 4.98 Å². The average molecular weight is 276 g/mol. The summed E-state index contributed by atoms with van der Waals surface area (Å²) >= 11 is 0. The summed E-state index contributed by atoms with van der Waals surface area (Å²) < 4.78 is 7.76. The maximum Gasteiger partial charge on any atom is 0.211 e. The third-order valence-electron chi connectivity index (χ3n) is 3.19. The summed E-state index contributed by atoms with van der Waals surface area (Å²) in [7, 11) is 0. The van der Waals surface area contributed by atoms with Crippen molar-refractivity contribution in [3.05, 3.63) is 35.8 Å². The lowest BCUT2D eigenvalue weighted by molar-refractivity contribution is 0.348. The van der Waals surface area contributed by atoms with Crippen molar-refractivity contribution in [1.82, 2.24) is 20.1 Å². The molecule has 0 bridgehead atoms. The van der Waals surface area contributed by atoms with Gasteiger partial charge >= 0.3 is 0 Å². The molecular formula is C15H24N4O. The van der Waals surface area contributed by atoms with E-state index in [1.54, 1.807) is 0 Å². The van der Waals surface area contributed by atoms with Crippen LogP contribution in [0.2, 0.25) is 0 Å². The predicted octanol–water partition coefficient (Wildman–Crippen LogP) is 2.83. The van der Waals surface area contributed by atoms with Crippen LogP contribution in [0.15, 0.2) is 23.0 Å². The summed E-state index contributed by atoms with van der Waals surface area (Å²) in [4.78, 5) is 4.36. The predicted molar refractivity (Wildman–Crippen MR) is 78.6 cm³/mol. The Morgan fingerprint density at radius 3 is 2.65 bits per heavy atom. The van der Waals surface area contributed by atoms with Crippen LogP contribution in [-0.4, -0.2) is 21.3 Å². The molecule has 5 heteroatoms. The van der Waals surface area contributed by atoms with Crippen LogP contribution in [0, 0.1) is 6.92 Å². The summed E-state index contributed by atoms with van der Waals surface area (Å²) in [6.45, 7) is 12.1. The van der Waals surface area contributed by atoms with Crippen LogP contribution in [0.1, 0.15) is 51.0 Å². The molecule has 110 valence electrons. The maximum absolute atomic E-state index is 5.82. The molecule has 5 nitrogen and oxygen atoms in total. The molecule has 2 aromatic rings. The van der Waals surface area contributed by atoms with Crippen molar-refractivity contribution in [1.29, 1.82) is 0 Å². The first-order valence-electron chi connectivity index (χ1n) is 7.05. The lowest BCUT2D eigenvalue weighted by atomic mass is 9.94. The van der Waals surface area contributed by atoms with E-state index >= 15 is 0 Å². The molecule has 0 spiro atoms. The van der Waals surface area contributed by atoms with E-state index in [-0.39, 0.29) is 11.5 Å². The van der Waals surface area contributed by atoms with Gasteiger partial charge in [-0.05, 0) is 19.4 Å². The van der Waals surface area contributed by atoms with Crippen molar-refractivity contribution in [2.45, 2.75) is 52.6 Å². The topological polar surface area (TPSA) is 55.9 Å². The average Bonchev–Trinajstić information content (AvgIpc) is 2.97. The van der Waals surface area contributed by atoms with E-state index in [1.165, 1.54) is 5.56 Å². The van der Waals surface area contributed by atoms with Crippen molar-refractivity contribution in [3.63, 3.8) is 0 Å². The van der Waals surface area contributed by atoms with E-state index < -0.39 is 0 Å². The molecule has 0 aliphatic carbocycles. The summed E-state index contributed by atoms with van der Waals surface area (Å²) in [5, 5.41) is 7.66. The fraction of sp³-hybridized carbons (Fsp3) is 0.600. The lowest BCUT2D eigenvalue weighted by Crippen LogP contribution is -2.23. The number of aromatic nitrogens is 3. The Morgan fingerprint density at radius 2 is 2.10 bits per heavy atom. The Bertz CT molecular complexity index is 550. The first-order valence-corrected chi connectivity index (χ1v) is 7.05. The second-order valence-corrected chi connectivity index (χ2v) is 6.27. The lowest BCUT2D eigenvalue weighted by Gasteiger charge is -2.14. The van der Waals surface area contributed by atoms with Crippen molar-refractivity contribution in [2.24, 2.45) is 0 Å². The minimum Gasteiger partial charge on any atom is -0.443 e. The fourth-order valence-electron chi connectivity index (χ4n) is 1.91. The van der Waals surface area contributed by atoms with Crippen LogP contribution in [0.3, 0.4) is 0 Å². The van der Waals surface area contributed by atoms with Crippen LogP contribution < -0.4 is 5.32 Å². The number of nitrogens with zero attached hydrogens (tertiary/aromatic N) is 3. The molecule has 1 atom stereocenters. The van der Waals surface area contributed by atoms with Gasteiger partial charge in [0, 0.05) is 18.2 Å². The summed E-state index contributed by atoms with van der Waals surface area (Å²) in [5.74, 6) is 1.66. The van der Waals surface area contributed by atoms with Gasteiger partial charge in [0.1, 0.15) is 5.76 Å². The van der Waals surface area contributed by atoms with Crippen molar-refractivity contribution in [3.8, 4) is 0 Å². The highest BCUT2D eigenvalue weighted by molar-refractivity contribution is 5.07. The molecule has 0 radical (unpaired) electrons. The zero-order chi connectivity index (χ0) is 14.8.